The predicted octanol–water partition coefficient (Wildman–Crippen LogP) is 9.24. The zero-order chi connectivity index (χ0) is 31.0. The van der Waals surface area contributed by atoms with Crippen LogP contribution in [0.3, 0.4) is 0 Å². The molecule has 0 saturated heterocycles. The average Bonchev–Trinajstić information content (AvgIpc) is 2.92. The number of hydrogen-bond donors (Lipinski definition) is 0. The molecule has 15 heteroatoms. The topological polar surface area (TPSA) is 134 Å². The highest BCUT2D eigenvalue weighted by Crippen LogP contribution is 2.55. The fourth-order valence-corrected chi connectivity index (χ4v) is 6.98. The van der Waals surface area contributed by atoms with Gasteiger partial charge in [0.15, 0.2) is 0 Å². The Bertz CT molecular complexity index is 688. The minimum Gasteiger partial charge on any atom is -0.287 e. The molecule has 2 unspecified atom stereocenters. The number of hydrogen-bond acceptors (Lipinski definition) is 12. The highest BCUT2D eigenvalue weighted by molar-refractivity contribution is 7.49. The molecule has 0 aliphatic rings. The standard InChI is InChI=1S/C26H57O12P3/c1-8-13-18-30-39(27,31-19-14-9-2)35-23-25(6)37-41(29,34-22-17-12-5)38-26(7)24-36-40(28,32-20-15-10-3)33-21-16-11-4/h25-26H,8-24H2,1-7H3. The maximum atomic E-state index is 13.6. The molecule has 41 heavy (non-hydrogen) atoms. The molecule has 0 aromatic carbocycles. The molecule has 2 atom stereocenters. The monoisotopic (exact) mass is 654 g/mol. The summed E-state index contributed by atoms with van der Waals surface area (Å²) in [6.07, 6.45) is 5.96. The molecule has 0 fully saturated rings. The summed E-state index contributed by atoms with van der Waals surface area (Å²) >= 11 is 0. The minimum atomic E-state index is -4.13. The summed E-state index contributed by atoms with van der Waals surface area (Å²) in [5.41, 5.74) is 0. The predicted molar refractivity (Wildman–Crippen MR) is 160 cm³/mol. The largest absolute Gasteiger partial charge is 0.475 e. The van der Waals surface area contributed by atoms with Gasteiger partial charge in [-0.1, -0.05) is 66.7 Å². The van der Waals surface area contributed by atoms with Crippen LogP contribution in [0.25, 0.3) is 0 Å². The van der Waals surface area contributed by atoms with Crippen molar-refractivity contribution in [2.45, 2.75) is 125 Å². The first-order chi connectivity index (χ1) is 19.5. The normalized spacial score (nSPS) is 15.6. The molecule has 0 aromatic rings. The van der Waals surface area contributed by atoms with Crippen LogP contribution in [0.1, 0.15) is 113 Å². The summed E-state index contributed by atoms with van der Waals surface area (Å²) in [6.45, 7) is 13.6. The average molecular weight is 655 g/mol. The van der Waals surface area contributed by atoms with Crippen LogP contribution in [0.15, 0.2) is 0 Å². The van der Waals surface area contributed by atoms with Crippen molar-refractivity contribution in [3.63, 3.8) is 0 Å². The molecule has 248 valence electrons. The van der Waals surface area contributed by atoms with E-state index in [0.717, 1.165) is 32.1 Å². The Morgan fingerprint density at radius 3 is 0.902 bits per heavy atom. The van der Waals surface area contributed by atoms with Crippen LogP contribution in [0.5, 0.6) is 0 Å². The Kier molecular flexibility index (Phi) is 24.8. The van der Waals surface area contributed by atoms with Gasteiger partial charge in [0, 0.05) is 0 Å². The molecule has 0 aliphatic heterocycles. The molecule has 0 heterocycles. The summed E-state index contributed by atoms with van der Waals surface area (Å²) in [4.78, 5) is 0. The number of unbranched alkanes of at least 4 members (excludes halogenated alkanes) is 5. The third-order valence-electron chi connectivity index (χ3n) is 5.29. The van der Waals surface area contributed by atoms with Crippen LogP contribution >= 0.6 is 23.5 Å². The van der Waals surface area contributed by atoms with Crippen LogP contribution < -0.4 is 0 Å². The molecule has 0 radical (unpaired) electrons. The van der Waals surface area contributed by atoms with Crippen molar-refractivity contribution in [1.82, 2.24) is 0 Å². The van der Waals surface area contributed by atoms with Crippen molar-refractivity contribution >= 4 is 23.5 Å². The highest BCUT2D eigenvalue weighted by Gasteiger charge is 2.35. The smallest absolute Gasteiger partial charge is 0.287 e. The van der Waals surface area contributed by atoms with E-state index in [1.165, 1.54) is 0 Å². The third kappa shape index (κ3) is 21.6. The van der Waals surface area contributed by atoms with Gasteiger partial charge in [0.25, 0.3) is 0 Å². The highest BCUT2D eigenvalue weighted by atomic mass is 31.2. The number of rotatable bonds is 30. The number of phosphoric ester groups is 3. The van der Waals surface area contributed by atoms with E-state index in [9.17, 15) is 13.7 Å². The molecule has 12 nitrogen and oxygen atoms in total. The lowest BCUT2D eigenvalue weighted by Gasteiger charge is -2.26. The molecule has 0 aliphatic carbocycles. The van der Waals surface area contributed by atoms with Crippen molar-refractivity contribution in [2.75, 3.05) is 46.2 Å². The molecule has 0 bridgehead atoms. The molecule has 0 N–H and O–H groups in total. The van der Waals surface area contributed by atoms with E-state index in [0.29, 0.717) is 32.1 Å². The van der Waals surface area contributed by atoms with Crippen molar-refractivity contribution in [3.8, 4) is 0 Å². The van der Waals surface area contributed by atoms with E-state index in [1.54, 1.807) is 13.8 Å². The Hall–Kier alpha value is 0.330. The summed E-state index contributed by atoms with van der Waals surface area (Å²) in [7, 11) is -11.8. The molecule has 0 spiro atoms. The summed E-state index contributed by atoms with van der Waals surface area (Å²) in [6, 6.07) is 0. The maximum Gasteiger partial charge on any atom is 0.475 e. The minimum absolute atomic E-state index is 0.131. The van der Waals surface area contributed by atoms with Gasteiger partial charge in [0.1, 0.15) is 0 Å². The fourth-order valence-electron chi connectivity index (χ4n) is 2.81. The second-order valence-corrected chi connectivity index (χ2v) is 14.6. The van der Waals surface area contributed by atoms with Gasteiger partial charge in [-0.05, 0) is 46.0 Å². The molecule has 0 saturated carbocycles. The lowest BCUT2D eigenvalue weighted by Crippen LogP contribution is -2.21. The molecule has 0 amide bonds. The second kappa shape index (κ2) is 24.6. The first-order valence-corrected chi connectivity index (χ1v) is 19.6. The molecular weight excluding hydrogens is 597 g/mol. The lowest BCUT2D eigenvalue weighted by atomic mass is 10.4. The van der Waals surface area contributed by atoms with Gasteiger partial charge in [-0.15, -0.1) is 0 Å². The quantitative estimate of drug-likeness (QED) is 0.0540. The Morgan fingerprint density at radius 2 is 0.659 bits per heavy atom. The fraction of sp³-hybridized carbons (Fsp3) is 1.00. The summed E-state index contributed by atoms with van der Waals surface area (Å²) < 4.78 is 89.3. The van der Waals surface area contributed by atoms with Gasteiger partial charge < -0.3 is 0 Å². The van der Waals surface area contributed by atoms with Crippen molar-refractivity contribution in [1.29, 1.82) is 0 Å². The SMILES string of the molecule is CCCCOP(=O)(OCCCC)OCC(C)OP(=O)(OCCCC)OC(C)COP(=O)(OCCCC)OCCCC. The van der Waals surface area contributed by atoms with Crippen molar-refractivity contribution in [3.05, 3.63) is 0 Å². The van der Waals surface area contributed by atoms with E-state index in [1.807, 2.05) is 34.6 Å². The van der Waals surface area contributed by atoms with Gasteiger partial charge in [-0.2, -0.15) is 0 Å². The first-order valence-electron chi connectivity index (χ1n) is 15.2. The second-order valence-electron chi connectivity index (χ2n) is 9.70. The zero-order valence-electron chi connectivity index (χ0n) is 26.4. The third-order valence-corrected chi connectivity index (χ3v) is 9.95. The van der Waals surface area contributed by atoms with Gasteiger partial charge in [0.2, 0.25) is 0 Å². The van der Waals surface area contributed by atoms with E-state index >= 15 is 0 Å². The molecular formula is C26H57O12P3. The zero-order valence-corrected chi connectivity index (χ0v) is 29.1. The van der Waals surface area contributed by atoms with Crippen LogP contribution in [0, 0.1) is 0 Å². The van der Waals surface area contributed by atoms with Crippen molar-refractivity contribution < 1.29 is 54.4 Å². The van der Waals surface area contributed by atoms with Crippen molar-refractivity contribution in [2.24, 2.45) is 0 Å². The van der Waals surface area contributed by atoms with Crippen LogP contribution in [-0.4, -0.2) is 58.5 Å². The van der Waals surface area contributed by atoms with E-state index in [2.05, 4.69) is 0 Å². The van der Waals surface area contributed by atoms with E-state index in [4.69, 9.17) is 40.7 Å². The van der Waals surface area contributed by atoms with Gasteiger partial charge in [0.05, 0.1) is 58.5 Å². The molecule has 0 aromatic heterocycles. The Balaban J connectivity index is 5.27. The van der Waals surface area contributed by atoms with Crippen LogP contribution in [0.4, 0.5) is 0 Å². The van der Waals surface area contributed by atoms with Gasteiger partial charge in [-0.25, -0.2) is 13.7 Å². The lowest BCUT2D eigenvalue weighted by molar-refractivity contribution is 0.0158. The Labute approximate surface area is 249 Å². The summed E-state index contributed by atoms with van der Waals surface area (Å²) in [5.74, 6) is 0. The first kappa shape index (κ1) is 41.3. The maximum absolute atomic E-state index is 13.6. The van der Waals surface area contributed by atoms with E-state index in [-0.39, 0.29) is 46.2 Å². The van der Waals surface area contributed by atoms with Crippen LogP contribution in [-0.2, 0) is 54.4 Å². The molecule has 0 rings (SSSR count). The van der Waals surface area contributed by atoms with Gasteiger partial charge >= 0.3 is 23.5 Å². The summed E-state index contributed by atoms with van der Waals surface area (Å²) in [5, 5.41) is 0. The van der Waals surface area contributed by atoms with Gasteiger partial charge in [-0.3, -0.25) is 40.7 Å². The number of phosphoric acid groups is 3. The van der Waals surface area contributed by atoms with E-state index < -0.39 is 35.7 Å². The van der Waals surface area contributed by atoms with Crippen LogP contribution in [0.2, 0.25) is 0 Å². The Morgan fingerprint density at radius 1 is 0.415 bits per heavy atom.